The average molecular weight is 387 g/mol. The van der Waals surface area contributed by atoms with Crippen molar-refractivity contribution in [3.05, 3.63) is 46.0 Å². The van der Waals surface area contributed by atoms with E-state index in [9.17, 15) is 18.8 Å². The summed E-state index contributed by atoms with van der Waals surface area (Å²) in [7, 11) is 0. The van der Waals surface area contributed by atoms with Crippen molar-refractivity contribution in [2.45, 2.75) is 12.3 Å². The van der Waals surface area contributed by atoms with Gasteiger partial charge in [0.2, 0.25) is 17.8 Å². The molecule has 0 bridgehead atoms. The quantitative estimate of drug-likeness (QED) is 0.718. The number of H-pyrrole nitrogens is 1. The van der Waals surface area contributed by atoms with Crippen LogP contribution < -0.4 is 21.1 Å². The number of anilines is 3. The summed E-state index contributed by atoms with van der Waals surface area (Å²) in [5, 5.41) is 5.00. The average Bonchev–Trinajstić information content (AvgIpc) is 2.69. The molecule has 9 nitrogen and oxygen atoms in total. The number of fused-ring (bicyclic) bond motifs is 1. The second-order valence-electron chi connectivity index (χ2n) is 6.53. The molecule has 1 unspecified atom stereocenters. The minimum Gasteiger partial charge on any atom is -0.378 e. The summed E-state index contributed by atoms with van der Waals surface area (Å²) in [6.07, 6.45) is -0.227. The van der Waals surface area contributed by atoms with Crippen LogP contribution in [0.25, 0.3) is 0 Å². The van der Waals surface area contributed by atoms with Gasteiger partial charge in [0, 0.05) is 19.5 Å². The van der Waals surface area contributed by atoms with Crippen LogP contribution in [0.5, 0.6) is 0 Å². The summed E-state index contributed by atoms with van der Waals surface area (Å²) in [5.41, 5.74) is -0.472. The van der Waals surface area contributed by atoms with E-state index < -0.39 is 29.1 Å². The molecule has 1 fully saturated rings. The summed E-state index contributed by atoms with van der Waals surface area (Å²) in [6.45, 7) is 2.10. The topological polar surface area (TPSA) is 116 Å². The number of nitrogens with zero attached hydrogens (tertiary/aromatic N) is 2. The lowest BCUT2D eigenvalue weighted by molar-refractivity contribution is -0.123. The fourth-order valence-corrected chi connectivity index (χ4v) is 3.29. The van der Waals surface area contributed by atoms with Gasteiger partial charge in [-0.3, -0.25) is 19.4 Å². The van der Waals surface area contributed by atoms with Gasteiger partial charge in [0.1, 0.15) is 11.6 Å². The number of morpholine rings is 1. The summed E-state index contributed by atoms with van der Waals surface area (Å²) in [4.78, 5) is 46.4. The van der Waals surface area contributed by atoms with Gasteiger partial charge in [0.15, 0.2) is 0 Å². The Hall–Kier alpha value is -3.27. The monoisotopic (exact) mass is 387 g/mol. The normalized spacial score (nSPS) is 19.0. The number of carbonyl (C=O) groups excluding carboxylic acids is 2. The van der Waals surface area contributed by atoms with Gasteiger partial charge in [-0.25, -0.2) is 4.39 Å². The third-order valence-corrected chi connectivity index (χ3v) is 4.70. The predicted octanol–water partition coefficient (Wildman–Crippen LogP) is 0.810. The van der Waals surface area contributed by atoms with E-state index >= 15 is 0 Å². The lowest BCUT2D eigenvalue weighted by Gasteiger charge is -2.29. The van der Waals surface area contributed by atoms with Crippen molar-refractivity contribution in [2.24, 2.45) is 0 Å². The Labute approximate surface area is 158 Å². The molecule has 2 aliphatic heterocycles. The van der Waals surface area contributed by atoms with Crippen LogP contribution in [0.3, 0.4) is 0 Å². The van der Waals surface area contributed by atoms with Gasteiger partial charge in [-0.15, -0.1) is 0 Å². The molecule has 0 radical (unpaired) electrons. The van der Waals surface area contributed by atoms with Gasteiger partial charge in [0.05, 0.1) is 30.4 Å². The molecule has 1 aromatic heterocycles. The maximum Gasteiger partial charge on any atom is 0.258 e. The van der Waals surface area contributed by atoms with Crippen LogP contribution in [-0.4, -0.2) is 48.1 Å². The van der Waals surface area contributed by atoms with Crippen molar-refractivity contribution < 1.29 is 18.7 Å². The Bertz CT molecular complexity index is 986. The van der Waals surface area contributed by atoms with E-state index in [-0.39, 0.29) is 23.5 Å². The van der Waals surface area contributed by atoms with E-state index in [1.54, 1.807) is 6.07 Å². The second kappa shape index (κ2) is 7.39. The molecule has 2 aromatic rings. The Morgan fingerprint density at radius 1 is 1.25 bits per heavy atom. The summed E-state index contributed by atoms with van der Waals surface area (Å²) >= 11 is 0. The number of aromatic nitrogens is 2. The van der Waals surface area contributed by atoms with E-state index in [4.69, 9.17) is 4.74 Å². The number of ether oxygens (including phenoxy) is 1. The predicted molar refractivity (Wildman–Crippen MR) is 98.9 cm³/mol. The first-order chi connectivity index (χ1) is 13.5. The molecular weight excluding hydrogens is 369 g/mol. The number of halogens is 1. The van der Waals surface area contributed by atoms with Crippen LogP contribution in [-0.2, 0) is 14.3 Å². The number of hydrogen-bond acceptors (Lipinski definition) is 6. The molecule has 0 spiro atoms. The highest BCUT2D eigenvalue weighted by molar-refractivity contribution is 6.04. The SMILES string of the molecule is O=C1CC(C(=O)Nc2ccccc2F)c2c(nc(N3CCOCC3)[nH]c2=O)N1. The molecule has 0 saturated carbocycles. The standard InChI is InChI=1S/C18H18FN5O4/c19-11-3-1-2-4-12(11)20-16(26)10-9-13(25)21-15-14(10)17(27)23-18(22-15)24-5-7-28-8-6-24/h1-4,10H,5-9H2,(H,20,26)(H2,21,22,23,25,27). The molecule has 2 amide bonds. The van der Waals surface area contributed by atoms with Crippen LogP contribution in [0.2, 0.25) is 0 Å². The Balaban J connectivity index is 1.66. The molecule has 3 N–H and O–H groups in total. The van der Waals surface area contributed by atoms with E-state index in [2.05, 4.69) is 20.6 Å². The van der Waals surface area contributed by atoms with Crippen LogP contribution in [0.1, 0.15) is 17.9 Å². The fraction of sp³-hybridized carbons (Fsp3) is 0.333. The zero-order valence-electron chi connectivity index (χ0n) is 14.8. The van der Waals surface area contributed by atoms with Gasteiger partial charge in [-0.1, -0.05) is 12.1 Å². The number of benzene rings is 1. The molecule has 1 aromatic carbocycles. The number of hydrogen-bond donors (Lipinski definition) is 3. The molecule has 3 heterocycles. The van der Waals surface area contributed by atoms with Crippen molar-refractivity contribution in [3.8, 4) is 0 Å². The Morgan fingerprint density at radius 2 is 2.00 bits per heavy atom. The van der Waals surface area contributed by atoms with Crippen molar-refractivity contribution >= 4 is 29.3 Å². The van der Waals surface area contributed by atoms with Crippen LogP contribution >= 0.6 is 0 Å². The number of carbonyl (C=O) groups is 2. The highest BCUT2D eigenvalue weighted by Crippen LogP contribution is 2.30. The summed E-state index contributed by atoms with van der Waals surface area (Å²) in [5.74, 6) is -2.40. The maximum atomic E-state index is 13.8. The molecule has 1 saturated heterocycles. The number of nitrogens with one attached hydrogen (secondary N) is 3. The minimum absolute atomic E-state index is 0.0191. The Morgan fingerprint density at radius 3 is 2.75 bits per heavy atom. The number of amides is 2. The van der Waals surface area contributed by atoms with Crippen molar-refractivity contribution in [3.63, 3.8) is 0 Å². The molecule has 10 heteroatoms. The van der Waals surface area contributed by atoms with Gasteiger partial charge < -0.3 is 20.3 Å². The third-order valence-electron chi connectivity index (χ3n) is 4.70. The summed E-state index contributed by atoms with van der Waals surface area (Å²) < 4.78 is 19.1. The van der Waals surface area contributed by atoms with Crippen molar-refractivity contribution in [1.82, 2.24) is 9.97 Å². The zero-order valence-corrected chi connectivity index (χ0v) is 14.8. The highest BCUT2D eigenvalue weighted by atomic mass is 19.1. The number of rotatable bonds is 3. The van der Waals surface area contributed by atoms with Crippen molar-refractivity contribution in [1.29, 1.82) is 0 Å². The lowest BCUT2D eigenvalue weighted by atomic mass is 9.92. The zero-order chi connectivity index (χ0) is 19.7. The number of aromatic amines is 1. The van der Waals surface area contributed by atoms with E-state index in [0.717, 1.165) is 0 Å². The second-order valence-corrected chi connectivity index (χ2v) is 6.53. The maximum absolute atomic E-state index is 13.8. The van der Waals surface area contributed by atoms with Gasteiger partial charge in [-0.05, 0) is 12.1 Å². The largest absolute Gasteiger partial charge is 0.378 e. The van der Waals surface area contributed by atoms with Gasteiger partial charge in [0.25, 0.3) is 5.56 Å². The van der Waals surface area contributed by atoms with Crippen molar-refractivity contribution in [2.75, 3.05) is 41.8 Å². The molecule has 28 heavy (non-hydrogen) atoms. The van der Waals surface area contributed by atoms with E-state index in [1.165, 1.54) is 18.2 Å². The summed E-state index contributed by atoms with van der Waals surface area (Å²) in [6, 6.07) is 5.68. The fourth-order valence-electron chi connectivity index (χ4n) is 3.29. The van der Waals surface area contributed by atoms with Crippen LogP contribution in [0.15, 0.2) is 29.1 Å². The molecule has 4 rings (SSSR count). The van der Waals surface area contributed by atoms with E-state index in [0.29, 0.717) is 32.3 Å². The number of para-hydroxylation sites is 1. The van der Waals surface area contributed by atoms with Gasteiger partial charge >= 0.3 is 0 Å². The van der Waals surface area contributed by atoms with Crippen LogP contribution in [0, 0.1) is 5.82 Å². The third kappa shape index (κ3) is 3.46. The molecule has 0 aliphatic carbocycles. The highest BCUT2D eigenvalue weighted by Gasteiger charge is 2.35. The van der Waals surface area contributed by atoms with Gasteiger partial charge in [-0.2, -0.15) is 4.98 Å². The first-order valence-corrected chi connectivity index (χ1v) is 8.85. The first-order valence-electron chi connectivity index (χ1n) is 8.85. The Kier molecular flexibility index (Phi) is 4.78. The smallest absolute Gasteiger partial charge is 0.258 e. The van der Waals surface area contributed by atoms with E-state index in [1.807, 2.05) is 4.90 Å². The van der Waals surface area contributed by atoms with Crippen LogP contribution in [0.4, 0.5) is 21.8 Å². The first kappa shape index (κ1) is 18.1. The molecule has 1 atom stereocenters. The molecule has 146 valence electrons. The minimum atomic E-state index is -1.07. The molecular formula is C18H18FN5O4. The molecule has 2 aliphatic rings. The lowest BCUT2D eigenvalue weighted by Crippen LogP contribution is -2.41.